The van der Waals surface area contributed by atoms with Crippen molar-refractivity contribution in [1.82, 2.24) is 4.98 Å². The fourth-order valence-corrected chi connectivity index (χ4v) is 1.61. The van der Waals surface area contributed by atoms with E-state index in [9.17, 15) is 9.18 Å². The standard InChI is InChI=1S/C13H9ClFNO2/c14-10-3-1-2-9(6-10)8-18-13(17)11-4-5-16-7-12(11)15/h1-7H,8H2. The van der Waals surface area contributed by atoms with Crippen molar-refractivity contribution in [3.05, 3.63) is 64.7 Å². The van der Waals surface area contributed by atoms with Gasteiger partial charge >= 0.3 is 5.97 Å². The molecule has 0 aliphatic carbocycles. The van der Waals surface area contributed by atoms with Gasteiger partial charge in [-0.1, -0.05) is 23.7 Å². The first-order valence-electron chi connectivity index (χ1n) is 5.18. The molecule has 2 aromatic rings. The SMILES string of the molecule is O=C(OCc1cccc(Cl)c1)c1ccncc1F. The van der Waals surface area contributed by atoms with Crippen LogP contribution in [-0.2, 0) is 11.3 Å². The Balaban J connectivity index is 2.03. The van der Waals surface area contributed by atoms with Gasteiger partial charge in [-0.05, 0) is 23.8 Å². The molecular weight excluding hydrogens is 257 g/mol. The second-order valence-electron chi connectivity index (χ2n) is 3.56. The summed E-state index contributed by atoms with van der Waals surface area (Å²) >= 11 is 5.79. The molecule has 0 spiro atoms. The van der Waals surface area contributed by atoms with E-state index >= 15 is 0 Å². The topological polar surface area (TPSA) is 39.2 Å². The molecule has 5 heteroatoms. The zero-order valence-corrected chi connectivity index (χ0v) is 10.0. The molecule has 0 N–H and O–H groups in total. The number of hydrogen-bond donors (Lipinski definition) is 0. The van der Waals surface area contributed by atoms with E-state index in [1.807, 2.05) is 0 Å². The Morgan fingerprint density at radius 3 is 2.94 bits per heavy atom. The number of nitrogens with zero attached hydrogens (tertiary/aromatic N) is 1. The lowest BCUT2D eigenvalue weighted by atomic mass is 10.2. The quantitative estimate of drug-likeness (QED) is 0.800. The third-order valence-corrected chi connectivity index (χ3v) is 2.49. The smallest absolute Gasteiger partial charge is 0.341 e. The van der Waals surface area contributed by atoms with Crippen LogP contribution in [0, 0.1) is 5.82 Å². The number of rotatable bonds is 3. The summed E-state index contributed by atoms with van der Waals surface area (Å²) in [5.74, 6) is -1.43. The molecule has 0 saturated carbocycles. The summed E-state index contributed by atoms with van der Waals surface area (Å²) < 4.78 is 18.2. The lowest BCUT2D eigenvalue weighted by Gasteiger charge is -2.05. The number of hydrogen-bond acceptors (Lipinski definition) is 3. The number of esters is 1. The van der Waals surface area contributed by atoms with E-state index in [1.54, 1.807) is 24.3 Å². The van der Waals surface area contributed by atoms with E-state index in [1.165, 1.54) is 12.3 Å². The number of aromatic nitrogens is 1. The van der Waals surface area contributed by atoms with Crippen LogP contribution < -0.4 is 0 Å². The maximum absolute atomic E-state index is 13.2. The first-order valence-corrected chi connectivity index (χ1v) is 5.55. The minimum absolute atomic E-state index is 0.0428. The molecule has 0 atom stereocenters. The van der Waals surface area contributed by atoms with Crippen LogP contribution in [0.15, 0.2) is 42.7 Å². The predicted molar refractivity (Wildman–Crippen MR) is 64.8 cm³/mol. The van der Waals surface area contributed by atoms with E-state index in [0.717, 1.165) is 11.8 Å². The summed E-state index contributed by atoms with van der Waals surface area (Å²) in [6.45, 7) is 0.0428. The van der Waals surface area contributed by atoms with Gasteiger partial charge in [-0.2, -0.15) is 0 Å². The number of pyridine rings is 1. The zero-order chi connectivity index (χ0) is 13.0. The molecule has 0 saturated heterocycles. The Morgan fingerprint density at radius 2 is 2.22 bits per heavy atom. The normalized spacial score (nSPS) is 10.1. The number of carbonyl (C=O) groups excluding carboxylic acids is 1. The van der Waals surface area contributed by atoms with Gasteiger partial charge in [0.05, 0.1) is 11.8 Å². The van der Waals surface area contributed by atoms with Crippen LogP contribution in [0.2, 0.25) is 5.02 Å². The molecule has 2 rings (SSSR count). The number of carbonyl (C=O) groups is 1. The fraction of sp³-hybridized carbons (Fsp3) is 0.0769. The van der Waals surface area contributed by atoms with Crippen molar-refractivity contribution < 1.29 is 13.9 Å². The molecule has 18 heavy (non-hydrogen) atoms. The first kappa shape index (κ1) is 12.5. The number of halogens is 2. The van der Waals surface area contributed by atoms with Crippen molar-refractivity contribution in [1.29, 1.82) is 0 Å². The Labute approximate surface area is 108 Å². The largest absolute Gasteiger partial charge is 0.457 e. The van der Waals surface area contributed by atoms with Gasteiger partial charge in [-0.25, -0.2) is 9.18 Å². The highest BCUT2D eigenvalue weighted by Crippen LogP contribution is 2.13. The van der Waals surface area contributed by atoms with Gasteiger partial charge in [0.25, 0.3) is 0 Å². The van der Waals surface area contributed by atoms with Gasteiger partial charge in [-0.3, -0.25) is 4.98 Å². The Kier molecular flexibility index (Phi) is 3.89. The zero-order valence-electron chi connectivity index (χ0n) is 9.27. The predicted octanol–water partition coefficient (Wildman–Crippen LogP) is 3.23. The van der Waals surface area contributed by atoms with Crippen LogP contribution in [-0.4, -0.2) is 11.0 Å². The van der Waals surface area contributed by atoms with Crippen molar-refractivity contribution >= 4 is 17.6 Å². The molecule has 0 bridgehead atoms. The molecule has 0 unspecified atom stereocenters. The van der Waals surface area contributed by atoms with Gasteiger partial charge < -0.3 is 4.74 Å². The maximum atomic E-state index is 13.2. The molecular formula is C13H9ClFNO2. The Morgan fingerprint density at radius 1 is 1.39 bits per heavy atom. The number of benzene rings is 1. The minimum Gasteiger partial charge on any atom is -0.457 e. The second kappa shape index (κ2) is 5.60. The van der Waals surface area contributed by atoms with Gasteiger partial charge in [0.1, 0.15) is 6.61 Å². The molecule has 0 fully saturated rings. The third kappa shape index (κ3) is 3.05. The second-order valence-corrected chi connectivity index (χ2v) is 4.00. The fourth-order valence-electron chi connectivity index (χ4n) is 1.39. The summed E-state index contributed by atoms with van der Waals surface area (Å²) in [7, 11) is 0. The highest BCUT2D eigenvalue weighted by Gasteiger charge is 2.12. The van der Waals surface area contributed by atoms with Crippen LogP contribution in [0.5, 0.6) is 0 Å². The highest BCUT2D eigenvalue weighted by atomic mass is 35.5. The lowest BCUT2D eigenvalue weighted by molar-refractivity contribution is 0.0467. The molecule has 0 radical (unpaired) electrons. The van der Waals surface area contributed by atoms with Crippen LogP contribution >= 0.6 is 11.6 Å². The monoisotopic (exact) mass is 265 g/mol. The average molecular weight is 266 g/mol. The highest BCUT2D eigenvalue weighted by molar-refractivity contribution is 6.30. The van der Waals surface area contributed by atoms with E-state index < -0.39 is 11.8 Å². The molecule has 1 aromatic carbocycles. The molecule has 1 heterocycles. The summed E-state index contributed by atoms with van der Waals surface area (Å²) in [6.07, 6.45) is 2.30. The summed E-state index contributed by atoms with van der Waals surface area (Å²) in [4.78, 5) is 15.2. The van der Waals surface area contributed by atoms with Crippen molar-refractivity contribution in [2.75, 3.05) is 0 Å². The van der Waals surface area contributed by atoms with Crippen LogP contribution in [0.1, 0.15) is 15.9 Å². The van der Waals surface area contributed by atoms with Gasteiger partial charge in [-0.15, -0.1) is 0 Å². The molecule has 0 aliphatic rings. The summed E-state index contributed by atoms with van der Waals surface area (Å²) in [6, 6.07) is 8.18. The summed E-state index contributed by atoms with van der Waals surface area (Å²) in [5, 5.41) is 0.554. The first-order chi connectivity index (χ1) is 8.66. The maximum Gasteiger partial charge on any atom is 0.341 e. The summed E-state index contributed by atoms with van der Waals surface area (Å²) in [5.41, 5.74) is 0.609. The van der Waals surface area contributed by atoms with Crippen molar-refractivity contribution in [2.24, 2.45) is 0 Å². The van der Waals surface area contributed by atoms with E-state index in [-0.39, 0.29) is 12.2 Å². The van der Waals surface area contributed by atoms with Crippen molar-refractivity contribution in [3.63, 3.8) is 0 Å². The molecule has 0 amide bonds. The van der Waals surface area contributed by atoms with E-state index in [4.69, 9.17) is 16.3 Å². The van der Waals surface area contributed by atoms with Crippen molar-refractivity contribution in [3.8, 4) is 0 Å². The lowest BCUT2D eigenvalue weighted by Crippen LogP contribution is -2.07. The molecule has 3 nitrogen and oxygen atoms in total. The third-order valence-electron chi connectivity index (χ3n) is 2.25. The van der Waals surface area contributed by atoms with Crippen LogP contribution in [0.3, 0.4) is 0 Å². The van der Waals surface area contributed by atoms with E-state index in [0.29, 0.717) is 5.02 Å². The van der Waals surface area contributed by atoms with E-state index in [2.05, 4.69) is 4.98 Å². The van der Waals surface area contributed by atoms with Crippen molar-refractivity contribution in [2.45, 2.75) is 6.61 Å². The average Bonchev–Trinajstić information content (AvgIpc) is 2.37. The van der Waals surface area contributed by atoms with Gasteiger partial charge in [0, 0.05) is 11.2 Å². The number of ether oxygens (including phenoxy) is 1. The van der Waals surface area contributed by atoms with Crippen LogP contribution in [0.4, 0.5) is 4.39 Å². The molecule has 92 valence electrons. The Bertz CT molecular complexity index is 574. The van der Waals surface area contributed by atoms with Gasteiger partial charge in [0.2, 0.25) is 0 Å². The van der Waals surface area contributed by atoms with Gasteiger partial charge in [0.15, 0.2) is 5.82 Å². The molecule has 1 aromatic heterocycles. The minimum atomic E-state index is -0.727. The molecule has 0 aliphatic heterocycles. The van der Waals surface area contributed by atoms with Crippen LogP contribution in [0.25, 0.3) is 0 Å². The Hall–Kier alpha value is -1.94.